The lowest BCUT2D eigenvalue weighted by molar-refractivity contribution is -0.123. The topological polar surface area (TPSA) is 47.6 Å². The molecule has 0 atom stereocenters. The molecule has 1 fully saturated rings. The van der Waals surface area contributed by atoms with Crippen molar-refractivity contribution in [1.29, 1.82) is 0 Å². The van der Waals surface area contributed by atoms with Crippen LogP contribution in [-0.2, 0) is 16.8 Å². The van der Waals surface area contributed by atoms with E-state index in [9.17, 15) is 13.6 Å². The lowest BCUT2D eigenvalue weighted by Gasteiger charge is -2.17. The van der Waals surface area contributed by atoms with Crippen LogP contribution in [0.5, 0.6) is 11.5 Å². The second-order valence-corrected chi connectivity index (χ2v) is 6.57. The third-order valence-corrected chi connectivity index (χ3v) is 4.73. The third kappa shape index (κ3) is 3.90. The van der Waals surface area contributed by atoms with Gasteiger partial charge in [0.1, 0.15) is 0 Å². The Labute approximate surface area is 155 Å². The van der Waals surface area contributed by atoms with Crippen molar-refractivity contribution in [3.63, 3.8) is 0 Å². The number of halogens is 3. The highest BCUT2D eigenvalue weighted by atomic mass is 35.5. The van der Waals surface area contributed by atoms with Gasteiger partial charge in [0.05, 0.1) is 12.5 Å². The molecule has 0 radical (unpaired) electrons. The molecular weight excluding hydrogens is 364 g/mol. The quantitative estimate of drug-likeness (QED) is 0.778. The van der Waals surface area contributed by atoms with E-state index in [4.69, 9.17) is 16.3 Å². The largest absolute Gasteiger partial charge is 0.493 e. The number of benzene rings is 2. The number of amides is 1. The zero-order chi connectivity index (χ0) is 18.7. The van der Waals surface area contributed by atoms with E-state index in [2.05, 4.69) is 10.1 Å². The Morgan fingerprint density at radius 1 is 1.19 bits per heavy atom. The molecule has 1 N–H and O–H groups in total. The summed E-state index contributed by atoms with van der Waals surface area (Å²) in [6.45, 7) is -2.74. The zero-order valence-electron chi connectivity index (χ0n) is 14.1. The summed E-state index contributed by atoms with van der Waals surface area (Å²) in [5.74, 6) is 0.0558. The van der Waals surface area contributed by atoms with Gasteiger partial charge >= 0.3 is 6.61 Å². The first-order valence-electron chi connectivity index (χ1n) is 8.11. The summed E-state index contributed by atoms with van der Waals surface area (Å²) in [5.41, 5.74) is 1.04. The molecule has 0 spiro atoms. The molecule has 0 bridgehead atoms. The molecule has 2 aromatic carbocycles. The van der Waals surface area contributed by atoms with Crippen molar-refractivity contribution in [1.82, 2.24) is 5.32 Å². The van der Waals surface area contributed by atoms with Crippen LogP contribution < -0.4 is 14.8 Å². The molecule has 138 valence electrons. The molecule has 0 heterocycles. The summed E-state index contributed by atoms with van der Waals surface area (Å²) in [5, 5.41) is 3.50. The zero-order valence-corrected chi connectivity index (χ0v) is 14.9. The van der Waals surface area contributed by atoms with Crippen molar-refractivity contribution in [2.24, 2.45) is 0 Å². The molecular formula is C19H18ClF2NO3. The van der Waals surface area contributed by atoms with Gasteiger partial charge < -0.3 is 14.8 Å². The average molecular weight is 382 g/mol. The Balaban J connectivity index is 1.69. The Bertz CT molecular complexity index is 792. The van der Waals surface area contributed by atoms with Gasteiger partial charge in [0.25, 0.3) is 0 Å². The predicted molar refractivity (Wildman–Crippen MR) is 93.8 cm³/mol. The normalized spacial score (nSPS) is 14.8. The molecule has 0 aromatic heterocycles. The van der Waals surface area contributed by atoms with Gasteiger partial charge in [-0.2, -0.15) is 8.78 Å². The van der Waals surface area contributed by atoms with Gasteiger partial charge in [0.15, 0.2) is 11.5 Å². The molecule has 1 amide bonds. The fourth-order valence-corrected chi connectivity index (χ4v) is 3.04. The number of rotatable bonds is 7. The molecule has 2 aromatic rings. The number of hydrogen-bond acceptors (Lipinski definition) is 3. The minimum absolute atomic E-state index is 0.0620. The number of alkyl halides is 2. The number of nitrogens with one attached hydrogen (secondary N) is 1. The summed E-state index contributed by atoms with van der Waals surface area (Å²) >= 11 is 5.90. The number of carbonyl (C=O) groups excluding carboxylic acids is 1. The molecule has 26 heavy (non-hydrogen) atoms. The maximum atomic E-state index is 12.7. The van der Waals surface area contributed by atoms with Gasteiger partial charge in [-0.05, 0) is 48.2 Å². The highest BCUT2D eigenvalue weighted by molar-refractivity contribution is 6.30. The van der Waals surface area contributed by atoms with Gasteiger partial charge in [-0.25, -0.2) is 0 Å². The third-order valence-electron chi connectivity index (χ3n) is 4.48. The minimum Gasteiger partial charge on any atom is -0.493 e. The van der Waals surface area contributed by atoms with Gasteiger partial charge in [-0.1, -0.05) is 29.8 Å². The van der Waals surface area contributed by atoms with E-state index >= 15 is 0 Å². The van der Waals surface area contributed by atoms with Crippen LogP contribution in [0.1, 0.15) is 24.0 Å². The molecule has 0 unspecified atom stereocenters. The van der Waals surface area contributed by atoms with E-state index in [0.29, 0.717) is 10.6 Å². The number of ether oxygens (including phenoxy) is 2. The first kappa shape index (κ1) is 18.5. The molecule has 1 saturated carbocycles. The van der Waals surface area contributed by atoms with Gasteiger partial charge in [-0.15, -0.1) is 0 Å². The highest BCUT2D eigenvalue weighted by Crippen LogP contribution is 2.48. The van der Waals surface area contributed by atoms with Crippen LogP contribution in [0.25, 0.3) is 0 Å². The monoisotopic (exact) mass is 381 g/mol. The fourth-order valence-electron chi connectivity index (χ4n) is 2.91. The lowest BCUT2D eigenvalue weighted by atomic mass is 9.95. The first-order valence-corrected chi connectivity index (χ1v) is 8.48. The molecule has 7 heteroatoms. The van der Waals surface area contributed by atoms with Crippen molar-refractivity contribution >= 4 is 17.5 Å². The van der Waals surface area contributed by atoms with Crippen LogP contribution in [0, 0.1) is 0 Å². The van der Waals surface area contributed by atoms with Gasteiger partial charge in [-0.3, -0.25) is 4.79 Å². The van der Waals surface area contributed by atoms with Crippen molar-refractivity contribution < 1.29 is 23.0 Å². The average Bonchev–Trinajstić information content (AvgIpc) is 3.42. The van der Waals surface area contributed by atoms with Crippen LogP contribution >= 0.6 is 11.6 Å². The number of hydrogen-bond donors (Lipinski definition) is 1. The second-order valence-electron chi connectivity index (χ2n) is 6.14. The predicted octanol–water partition coefficient (Wildman–Crippen LogP) is 4.30. The minimum atomic E-state index is -2.95. The smallest absolute Gasteiger partial charge is 0.387 e. The van der Waals surface area contributed by atoms with Crippen LogP contribution in [0.2, 0.25) is 5.02 Å². The second kappa shape index (κ2) is 7.50. The van der Waals surface area contributed by atoms with Gasteiger partial charge in [0, 0.05) is 11.6 Å². The molecule has 1 aliphatic rings. The van der Waals surface area contributed by atoms with Crippen molar-refractivity contribution in [3.8, 4) is 11.5 Å². The summed E-state index contributed by atoms with van der Waals surface area (Å²) in [4.78, 5) is 12.7. The Morgan fingerprint density at radius 3 is 2.46 bits per heavy atom. The van der Waals surface area contributed by atoms with E-state index in [-0.39, 0.29) is 24.0 Å². The van der Waals surface area contributed by atoms with Crippen LogP contribution in [0.15, 0.2) is 42.5 Å². The molecule has 3 rings (SSSR count). The van der Waals surface area contributed by atoms with Crippen LogP contribution in [0.4, 0.5) is 8.78 Å². The standard InChI is InChI=1S/C19H18ClF2NO3/c1-25-15-7-2-12(10-16(15)26-18(21)22)11-23-17(24)19(8-9-19)13-3-5-14(20)6-4-13/h2-7,10,18H,8-9,11H2,1H3,(H,23,24). The van der Waals surface area contributed by atoms with Crippen LogP contribution in [0.3, 0.4) is 0 Å². The number of methoxy groups -OCH3 is 1. The highest BCUT2D eigenvalue weighted by Gasteiger charge is 2.51. The summed E-state index contributed by atoms with van der Waals surface area (Å²) in [7, 11) is 1.37. The van der Waals surface area contributed by atoms with Crippen molar-refractivity contribution in [2.45, 2.75) is 31.4 Å². The van der Waals surface area contributed by atoms with E-state index in [1.165, 1.54) is 19.2 Å². The van der Waals surface area contributed by atoms with Crippen molar-refractivity contribution in [3.05, 3.63) is 58.6 Å². The van der Waals surface area contributed by atoms with E-state index < -0.39 is 12.0 Å². The Morgan fingerprint density at radius 2 is 1.88 bits per heavy atom. The SMILES string of the molecule is COc1ccc(CNC(=O)C2(c3ccc(Cl)cc3)CC2)cc1OC(F)F. The molecule has 0 aliphatic heterocycles. The number of carbonyl (C=O) groups is 1. The Hall–Kier alpha value is -2.34. The Kier molecular flexibility index (Phi) is 5.32. The van der Waals surface area contributed by atoms with Crippen LogP contribution in [-0.4, -0.2) is 19.6 Å². The summed E-state index contributed by atoms with van der Waals surface area (Å²) in [6.07, 6.45) is 1.53. The summed E-state index contributed by atoms with van der Waals surface area (Å²) in [6, 6.07) is 11.9. The maximum absolute atomic E-state index is 12.7. The molecule has 0 saturated heterocycles. The molecule has 4 nitrogen and oxygen atoms in total. The van der Waals surface area contributed by atoms with E-state index in [0.717, 1.165) is 18.4 Å². The van der Waals surface area contributed by atoms with E-state index in [1.54, 1.807) is 18.2 Å². The van der Waals surface area contributed by atoms with Crippen molar-refractivity contribution in [2.75, 3.05) is 7.11 Å². The van der Waals surface area contributed by atoms with Gasteiger partial charge in [0.2, 0.25) is 5.91 Å². The maximum Gasteiger partial charge on any atom is 0.387 e. The summed E-state index contributed by atoms with van der Waals surface area (Å²) < 4.78 is 34.5. The first-order chi connectivity index (χ1) is 12.4. The lowest BCUT2D eigenvalue weighted by Crippen LogP contribution is -2.34. The fraction of sp³-hybridized carbons (Fsp3) is 0.316. The molecule has 1 aliphatic carbocycles. The van der Waals surface area contributed by atoms with E-state index in [1.807, 2.05) is 12.1 Å².